The summed E-state index contributed by atoms with van der Waals surface area (Å²) >= 11 is 0. The average molecular weight is 533 g/mol. The van der Waals surface area contributed by atoms with E-state index >= 15 is 0 Å². The summed E-state index contributed by atoms with van der Waals surface area (Å²) in [6.45, 7) is 5.92. The summed E-state index contributed by atoms with van der Waals surface area (Å²) in [7, 11) is -0.278. The fourth-order valence-corrected chi connectivity index (χ4v) is 5.29. The lowest BCUT2D eigenvalue weighted by molar-refractivity contribution is -0.891. The van der Waals surface area contributed by atoms with Gasteiger partial charge in [-0.1, -0.05) is 122 Å². The first-order valence-corrected chi connectivity index (χ1v) is 16.9. The summed E-state index contributed by atoms with van der Waals surface area (Å²) in [5, 5.41) is 0. The van der Waals surface area contributed by atoms with Crippen LogP contribution in [0.1, 0.15) is 149 Å². The Morgan fingerprint density at radius 1 is 0.667 bits per heavy atom. The lowest BCUT2D eigenvalue weighted by Gasteiger charge is -2.32. The van der Waals surface area contributed by atoms with Crippen LogP contribution in [0.2, 0.25) is 0 Å². The normalized spacial score (nSPS) is 13.6. The summed E-state index contributed by atoms with van der Waals surface area (Å²) in [5.74, 6) is 0. The van der Waals surface area contributed by atoms with E-state index in [0.29, 0.717) is 11.0 Å². The van der Waals surface area contributed by atoms with Gasteiger partial charge in [0.15, 0.2) is 0 Å². The van der Waals surface area contributed by atoms with Crippen LogP contribution >= 0.6 is 7.82 Å². The van der Waals surface area contributed by atoms with Crippen LogP contribution in [0.15, 0.2) is 12.2 Å². The first kappa shape index (κ1) is 35.8. The lowest BCUT2D eigenvalue weighted by atomic mass is 10.0. The van der Waals surface area contributed by atoms with Gasteiger partial charge in [-0.15, -0.1) is 0 Å². The zero-order chi connectivity index (χ0) is 27.0. The fourth-order valence-electron chi connectivity index (χ4n) is 4.73. The molecule has 2 N–H and O–H groups in total. The summed E-state index contributed by atoms with van der Waals surface area (Å²) in [5.41, 5.74) is 0. The second kappa shape index (κ2) is 23.9. The van der Waals surface area contributed by atoms with E-state index in [1.54, 1.807) is 0 Å². The van der Waals surface area contributed by atoms with Gasteiger partial charge in [-0.2, -0.15) is 0 Å². The highest BCUT2D eigenvalue weighted by Crippen LogP contribution is 2.39. The van der Waals surface area contributed by atoms with Crippen molar-refractivity contribution >= 4 is 7.82 Å². The summed E-state index contributed by atoms with van der Waals surface area (Å²) in [6.07, 6.45) is 31.5. The third-order valence-corrected chi connectivity index (χ3v) is 7.95. The van der Waals surface area contributed by atoms with E-state index in [4.69, 9.17) is 4.52 Å². The number of quaternary nitrogens is 1. The third kappa shape index (κ3) is 26.9. The van der Waals surface area contributed by atoms with Crippen LogP contribution in [-0.4, -0.2) is 47.6 Å². The molecule has 0 fully saturated rings. The van der Waals surface area contributed by atoms with Crippen LogP contribution in [-0.2, 0) is 9.09 Å². The standard InChI is InChI=1S/C30H62NO4P/c1-5-7-8-9-10-11-12-13-14-15-16-17-18-19-20-21-22-23-24-25-26-27-28-30(35-36(32,33)34)29-31(3,4)6-2/h13-14,30H,5-12,15-29H2,1-4H3,(H-,32,33,34)/p+1/b14-13-. The van der Waals surface area contributed by atoms with Crippen molar-refractivity contribution in [2.24, 2.45) is 0 Å². The first-order chi connectivity index (χ1) is 17.2. The number of nitrogens with zero attached hydrogens (tertiary/aromatic N) is 1. The quantitative estimate of drug-likeness (QED) is 0.0479. The van der Waals surface area contributed by atoms with Crippen molar-refractivity contribution in [3.63, 3.8) is 0 Å². The molecule has 0 heterocycles. The van der Waals surface area contributed by atoms with Crippen LogP contribution in [0.25, 0.3) is 0 Å². The van der Waals surface area contributed by atoms with Crippen molar-refractivity contribution in [2.45, 2.75) is 155 Å². The van der Waals surface area contributed by atoms with Crippen LogP contribution in [0, 0.1) is 0 Å². The number of likely N-dealkylation sites (N-methyl/N-ethyl adjacent to an activating group) is 1. The highest BCUT2D eigenvalue weighted by Gasteiger charge is 2.27. The number of hydrogen-bond donors (Lipinski definition) is 2. The van der Waals surface area contributed by atoms with Gasteiger partial charge in [0.1, 0.15) is 12.6 Å². The predicted molar refractivity (Wildman–Crippen MR) is 156 cm³/mol. The smallest absolute Gasteiger partial charge is 0.327 e. The Balaban J connectivity index is 3.50. The molecule has 0 amide bonds. The van der Waals surface area contributed by atoms with E-state index in [0.717, 1.165) is 25.8 Å². The molecular formula is C30H63NO4P+. The van der Waals surface area contributed by atoms with Crippen molar-refractivity contribution in [2.75, 3.05) is 27.2 Å². The van der Waals surface area contributed by atoms with Crippen molar-refractivity contribution in [1.29, 1.82) is 0 Å². The van der Waals surface area contributed by atoms with Gasteiger partial charge >= 0.3 is 7.82 Å². The van der Waals surface area contributed by atoms with Crippen LogP contribution in [0.3, 0.4) is 0 Å². The molecule has 0 rings (SSSR count). The molecule has 0 spiro atoms. The maximum Gasteiger partial charge on any atom is 0.470 e. The minimum Gasteiger partial charge on any atom is -0.327 e. The number of hydrogen-bond acceptors (Lipinski definition) is 2. The average Bonchev–Trinajstić information content (AvgIpc) is 2.81. The molecule has 0 aromatic carbocycles. The third-order valence-electron chi connectivity index (χ3n) is 7.38. The number of rotatable bonds is 27. The van der Waals surface area contributed by atoms with Crippen molar-refractivity contribution in [3.8, 4) is 0 Å². The van der Waals surface area contributed by atoms with Gasteiger partial charge in [-0.25, -0.2) is 4.57 Å². The molecule has 216 valence electrons. The van der Waals surface area contributed by atoms with Gasteiger partial charge in [-0.05, 0) is 39.0 Å². The van der Waals surface area contributed by atoms with Crippen LogP contribution < -0.4 is 0 Å². The Bertz CT molecular complexity index is 547. The zero-order valence-electron chi connectivity index (χ0n) is 24.6. The largest absolute Gasteiger partial charge is 0.470 e. The van der Waals surface area contributed by atoms with Gasteiger partial charge in [0.2, 0.25) is 0 Å². The molecule has 0 aromatic rings. The Kier molecular flexibility index (Phi) is 23.8. The monoisotopic (exact) mass is 532 g/mol. The van der Waals surface area contributed by atoms with Crippen LogP contribution in [0.5, 0.6) is 0 Å². The van der Waals surface area contributed by atoms with E-state index in [2.05, 4.69) is 40.1 Å². The lowest BCUT2D eigenvalue weighted by Crippen LogP contribution is -2.45. The Hall–Kier alpha value is -0.190. The Morgan fingerprint density at radius 2 is 1.06 bits per heavy atom. The number of allylic oxidation sites excluding steroid dienone is 2. The van der Waals surface area contributed by atoms with Crippen molar-refractivity contribution in [1.82, 2.24) is 0 Å². The SMILES string of the molecule is CCCCCCCC/C=C\CCCCCCCCCCCCCCC(C[N+](C)(C)CC)OP(=O)(O)O. The van der Waals surface area contributed by atoms with E-state index in [1.807, 2.05) is 0 Å². The van der Waals surface area contributed by atoms with Gasteiger partial charge in [0.25, 0.3) is 0 Å². The van der Waals surface area contributed by atoms with E-state index in [9.17, 15) is 14.4 Å². The second-order valence-electron chi connectivity index (χ2n) is 11.5. The highest BCUT2D eigenvalue weighted by molar-refractivity contribution is 7.46. The molecule has 0 aliphatic carbocycles. The summed E-state index contributed by atoms with van der Waals surface area (Å²) in [6, 6.07) is 0. The molecule has 0 saturated heterocycles. The molecule has 0 aliphatic rings. The van der Waals surface area contributed by atoms with Crippen molar-refractivity contribution in [3.05, 3.63) is 12.2 Å². The van der Waals surface area contributed by atoms with Gasteiger partial charge in [-0.3, -0.25) is 4.52 Å². The van der Waals surface area contributed by atoms with Gasteiger partial charge in [0.05, 0.1) is 20.6 Å². The minimum atomic E-state index is -4.43. The fraction of sp³-hybridized carbons (Fsp3) is 0.933. The summed E-state index contributed by atoms with van der Waals surface area (Å²) in [4.78, 5) is 18.4. The Labute approximate surface area is 225 Å². The summed E-state index contributed by atoms with van der Waals surface area (Å²) < 4.78 is 17.1. The van der Waals surface area contributed by atoms with Crippen molar-refractivity contribution < 1.29 is 23.4 Å². The molecule has 1 unspecified atom stereocenters. The van der Waals surface area contributed by atoms with Gasteiger partial charge < -0.3 is 14.3 Å². The van der Waals surface area contributed by atoms with E-state index in [1.165, 1.54) is 116 Å². The topological polar surface area (TPSA) is 66.8 Å². The van der Waals surface area contributed by atoms with Gasteiger partial charge in [0, 0.05) is 0 Å². The maximum absolute atomic E-state index is 11.3. The molecule has 0 bridgehead atoms. The van der Waals surface area contributed by atoms with E-state index in [-0.39, 0.29) is 6.10 Å². The molecule has 0 radical (unpaired) electrons. The van der Waals surface area contributed by atoms with E-state index < -0.39 is 7.82 Å². The van der Waals surface area contributed by atoms with Crippen LogP contribution in [0.4, 0.5) is 0 Å². The first-order valence-electron chi connectivity index (χ1n) is 15.4. The second-order valence-corrected chi connectivity index (χ2v) is 12.7. The number of unbranched alkanes of at least 4 members (excludes halogenated alkanes) is 18. The number of phosphoric ester groups is 1. The molecule has 0 aromatic heterocycles. The molecule has 5 nitrogen and oxygen atoms in total. The predicted octanol–water partition coefficient (Wildman–Crippen LogP) is 9.33. The highest BCUT2D eigenvalue weighted by atomic mass is 31.2. The molecule has 0 saturated carbocycles. The molecule has 6 heteroatoms. The molecule has 36 heavy (non-hydrogen) atoms. The maximum atomic E-state index is 11.3. The Morgan fingerprint density at radius 3 is 1.44 bits per heavy atom. The molecule has 0 aliphatic heterocycles. The minimum absolute atomic E-state index is 0.373. The molecular weight excluding hydrogens is 469 g/mol. The zero-order valence-corrected chi connectivity index (χ0v) is 25.5. The molecule has 1 atom stereocenters. The number of phosphoric acid groups is 1.